The second kappa shape index (κ2) is 5.48. The summed E-state index contributed by atoms with van der Waals surface area (Å²) in [6.07, 6.45) is 0.598. The predicted octanol–water partition coefficient (Wildman–Crippen LogP) is 2.59. The highest BCUT2D eigenvalue weighted by Gasteiger charge is 2.17. The van der Waals surface area contributed by atoms with E-state index >= 15 is 0 Å². The number of carbonyl (C=O) groups excluding carboxylic acids is 2. The molecule has 0 bridgehead atoms. The molecule has 1 N–H and O–H groups in total. The molecular formula is C13H16O4. The molecule has 0 unspecified atom stereocenters. The summed E-state index contributed by atoms with van der Waals surface area (Å²) in [5.74, 6) is -0.175. The maximum atomic E-state index is 11.7. The molecule has 0 aliphatic carbocycles. The van der Waals surface area contributed by atoms with Crippen LogP contribution < -0.4 is 4.74 Å². The molecule has 0 radical (unpaired) electrons. The lowest BCUT2D eigenvalue weighted by molar-refractivity contribution is 0.0985. The van der Waals surface area contributed by atoms with Crippen LogP contribution in [0.4, 0.5) is 0 Å². The molecule has 0 aliphatic heterocycles. The molecule has 0 saturated carbocycles. The summed E-state index contributed by atoms with van der Waals surface area (Å²) in [4.78, 5) is 23.3. The van der Waals surface area contributed by atoms with E-state index in [1.807, 2.05) is 0 Å². The highest BCUT2D eigenvalue weighted by Crippen LogP contribution is 2.29. The molecule has 0 amide bonds. The summed E-state index contributed by atoms with van der Waals surface area (Å²) >= 11 is 0. The Morgan fingerprint density at radius 3 is 2.12 bits per heavy atom. The predicted molar refractivity (Wildman–Crippen MR) is 63.9 cm³/mol. The van der Waals surface area contributed by atoms with Gasteiger partial charge in [-0.25, -0.2) is 0 Å². The van der Waals surface area contributed by atoms with Crippen molar-refractivity contribution in [1.29, 1.82) is 0 Å². The van der Waals surface area contributed by atoms with Crippen molar-refractivity contribution in [2.45, 2.75) is 26.7 Å². The Bertz CT molecular complexity index is 449. The van der Waals surface area contributed by atoms with Gasteiger partial charge in [-0.2, -0.15) is 0 Å². The van der Waals surface area contributed by atoms with Crippen molar-refractivity contribution in [3.05, 3.63) is 23.3 Å². The van der Waals surface area contributed by atoms with Crippen LogP contribution in [0.5, 0.6) is 11.5 Å². The molecule has 17 heavy (non-hydrogen) atoms. The van der Waals surface area contributed by atoms with E-state index in [0.29, 0.717) is 17.7 Å². The smallest absolute Gasteiger partial charge is 0.166 e. The quantitative estimate of drug-likeness (QED) is 0.798. The van der Waals surface area contributed by atoms with Gasteiger partial charge in [-0.1, -0.05) is 13.8 Å². The Labute approximate surface area is 100 Å². The fourth-order valence-electron chi connectivity index (χ4n) is 1.56. The number of Topliss-reactive ketones (excluding diaryl/α,β-unsaturated/α-hetero) is 2. The van der Waals surface area contributed by atoms with Gasteiger partial charge < -0.3 is 9.84 Å². The Morgan fingerprint density at radius 2 is 1.65 bits per heavy atom. The zero-order chi connectivity index (χ0) is 13.0. The SMILES string of the molecule is CCC(=O)c1cc(C(=O)CC)c(OC)cc1O. The Kier molecular flexibility index (Phi) is 4.26. The van der Waals surface area contributed by atoms with E-state index in [4.69, 9.17) is 4.74 Å². The highest BCUT2D eigenvalue weighted by molar-refractivity contribution is 6.04. The number of phenolic OH excluding ortho intramolecular Hbond substituents is 1. The number of hydrogen-bond acceptors (Lipinski definition) is 4. The second-order valence-corrected chi connectivity index (χ2v) is 3.62. The van der Waals surface area contributed by atoms with Crippen molar-refractivity contribution >= 4 is 11.6 Å². The van der Waals surface area contributed by atoms with Crippen LogP contribution in [-0.2, 0) is 0 Å². The number of aromatic hydroxyl groups is 1. The van der Waals surface area contributed by atoms with E-state index in [-0.39, 0.29) is 29.3 Å². The third-order valence-corrected chi connectivity index (χ3v) is 2.56. The minimum atomic E-state index is -0.199. The second-order valence-electron chi connectivity index (χ2n) is 3.62. The van der Waals surface area contributed by atoms with Gasteiger partial charge >= 0.3 is 0 Å². The number of rotatable bonds is 5. The molecule has 0 heterocycles. The number of ether oxygens (including phenoxy) is 1. The van der Waals surface area contributed by atoms with Crippen molar-refractivity contribution in [1.82, 2.24) is 0 Å². The van der Waals surface area contributed by atoms with Gasteiger partial charge in [-0.15, -0.1) is 0 Å². The molecule has 0 atom stereocenters. The first-order chi connectivity index (χ1) is 8.04. The van der Waals surface area contributed by atoms with Crippen molar-refractivity contribution in [3.63, 3.8) is 0 Å². The number of benzene rings is 1. The third kappa shape index (κ3) is 2.64. The fourth-order valence-corrected chi connectivity index (χ4v) is 1.56. The molecule has 4 nitrogen and oxygen atoms in total. The molecule has 1 rings (SSSR count). The minimum absolute atomic E-state index is 0.119. The summed E-state index contributed by atoms with van der Waals surface area (Å²) in [6.45, 7) is 3.43. The van der Waals surface area contributed by atoms with Crippen LogP contribution in [0.2, 0.25) is 0 Å². The van der Waals surface area contributed by atoms with Crippen molar-refractivity contribution in [3.8, 4) is 11.5 Å². The monoisotopic (exact) mass is 236 g/mol. The van der Waals surface area contributed by atoms with Crippen LogP contribution >= 0.6 is 0 Å². The lowest BCUT2D eigenvalue weighted by Crippen LogP contribution is -2.05. The van der Waals surface area contributed by atoms with Gasteiger partial charge in [0.1, 0.15) is 11.5 Å². The van der Waals surface area contributed by atoms with E-state index in [1.165, 1.54) is 19.2 Å². The average molecular weight is 236 g/mol. The van der Waals surface area contributed by atoms with Crippen LogP contribution in [0.25, 0.3) is 0 Å². The number of phenols is 1. The number of methoxy groups -OCH3 is 1. The van der Waals surface area contributed by atoms with E-state index in [0.717, 1.165) is 0 Å². The molecule has 0 spiro atoms. The standard InChI is InChI=1S/C13H16O4/c1-4-10(14)8-6-9(11(15)5-2)13(17-3)7-12(8)16/h6-7,16H,4-5H2,1-3H3. The normalized spacial score (nSPS) is 10.1. The van der Waals surface area contributed by atoms with Crippen LogP contribution in [0.15, 0.2) is 12.1 Å². The van der Waals surface area contributed by atoms with Crippen LogP contribution in [0.1, 0.15) is 47.4 Å². The minimum Gasteiger partial charge on any atom is -0.507 e. The Hall–Kier alpha value is -1.84. The summed E-state index contributed by atoms with van der Waals surface area (Å²) in [5.41, 5.74) is 0.509. The first kappa shape index (κ1) is 13.2. The van der Waals surface area contributed by atoms with Gasteiger partial charge in [0.2, 0.25) is 0 Å². The van der Waals surface area contributed by atoms with E-state index in [2.05, 4.69) is 0 Å². The molecule has 0 aliphatic rings. The topological polar surface area (TPSA) is 63.6 Å². The maximum Gasteiger partial charge on any atom is 0.166 e. The van der Waals surface area contributed by atoms with Gasteiger partial charge in [-0.05, 0) is 6.07 Å². The molecule has 0 saturated heterocycles. The van der Waals surface area contributed by atoms with Gasteiger partial charge in [0.05, 0.1) is 18.2 Å². The van der Waals surface area contributed by atoms with E-state index < -0.39 is 0 Å². The number of hydrogen-bond donors (Lipinski definition) is 1. The zero-order valence-electron chi connectivity index (χ0n) is 10.2. The van der Waals surface area contributed by atoms with E-state index in [1.54, 1.807) is 13.8 Å². The zero-order valence-corrected chi connectivity index (χ0v) is 10.2. The Morgan fingerprint density at radius 1 is 1.12 bits per heavy atom. The number of ketones is 2. The van der Waals surface area contributed by atoms with Crippen molar-refractivity contribution in [2.75, 3.05) is 7.11 Å². The lowest BCUT2D eigenvalue weighted by Gasteiger charge is -2.10. The molecule has 1 aromatic rings. The molecule has 92 valence electrons. The van der Waals surface area contributed by atoms with Crippen LogP contribution in [-0.4, -0.2) is 23.8 Å². The summed E-state index contributed by atoms with van der Waals surface area (Å²) in [5, 5.41) is 9.69. The molecule has 0 fully saturated rings. The first-order valence-corrected chi connectivity index (χ1v) is 5.52. The fraction of sp³-hybridized carbons (Fsp3) is 0.385. The van der Waals surface area contributed by atoms with Gasteiger partial charge in [0.15, 0.2) is 11.6 Å². The molecule has 1 aromatic carbocycles. The van der Waals surface area contributed by atoms with Crippen molar-refractivity contribution in [2.24, 2.45) is 0 Å². The Balaban J connectivity index is 3.37. The maximum absolute atomic E-state index is 11.7. The molecule has 0 aromatic heterocycles. The van der Waals surface area contributed by atoms with Crippen LogP contribution in [0.3, 0.4) is 0 Å². The molecular weight excluding hydrogens is 220 g/mol. The lowest BCUT2D eigenvalue weighted by atomic mass is 10.00. The van der Waals surface area contributed by atoms with Gasteiger partial charge in [-0.3, -0.25) is 9.59 Å². The largest absolute Gasteiger partial charge is 0.507 e. The van der Waals surface area contributed by atoms with Crippen molar-refractivity contribution < 1.29 is 19.4 Å². The van der Waals surface area contributed by atoms with Gasteiger partial charge in [0.25, 0.3) is 0 Å². The number of carbonyl (C=O) groups is 2. The third-order valence-electron chi connectivity index (χ3n) is 2.56. The summed E-state index contributed by atoms with van der Waals surface area (Å²) in [7, 11) is 1.42. The first-order valence-electron chi connectivity index (χ1n) is 5.52. The highest BCUT2D eigenvalue weighted by atomic mass is 16.5. The van der Waals surface area contributed by atoms with E-state index in [9.17, 15) is 14.7 Å². The van der Waals surface area contributed by atoms with Gasteiger partial charge in [0, 0.05) is 18.9 Å². The summed E-state index contributed by atoms with van der Waals surface area (Å²) < 4.78 is 5.03. The summed E-state index contributed by atoms with van der Waals surface area (Å²) in [6, 6.07) is 2.72. The van der Waals surface area contributed by atoms with Crippen LogP contribution in [0, 0.1) is 0 Å². The molecule has 4 heteroatoms. The average Bonchev–Trinajstić information content (AvgIpc) is 2.36.